The molecule has 0 aliphatic heterocycles. The highest BCUT2D eigenvalue weighted by molar-refractivity contribution is 5.68. The maximum Gasteiger partial charge on any atom is 0.252 e. The number of nitrogens with zero attached hydrogens (tertiary/aromatic N) is 4. The van der Waals surface area contributed by atoms with Crippen LogP contribution >= 0.6 is 0 Å². The van der Waals surface area contributed by atoms with Crippen LogP contribution in [0.25, 0.3) is 17.9 Å². The Morgan fingerprint density at radius 3 is 2.67 bits per heavy atom. The van der Waals surface area contributed by atoms with Gasteiger partial charge in [-0.25, -0.2) is 9.37 Å². The third-order valence-electron chi connectivity index (χ3n) is 2.53. The molecule has 0 aliphatic rings. The lowest BCUT2D eigenvalue weighted by atomic mass is 10.2. The van der Waals surface area contributed by atoms with Crippen LogP contribution in [-0.2, 0) is 0 Å². The number of halogens is 1. The number of benzene rings is 1. The SMILES string of the molecule is Fc1ccc(/C=C/c2ccnc3ncnn23)cc1. The minimum atomic E-state index is -0.241. The van der Waals surface area contributed by atoms with E-state index in [1.807, 2.05) is 18.2 Å². The minimum Gasteiger partial charge on any atom is -0.220 e. The average molecular weight is 240 g/mol. The third kappa shape index (κ3) is 1.98. The second kappa shape index (κ2) is 4.37. The molecule has 0 N–H and O–H groups in total. The third-order valence-corrected chi connectivity index (χ3v) is 2.53. The van der Waals surface area contributed by atoms with Gasteiger partial charge in [0.05, 0.1) is 5.69 Å². The molecule has 88 valence electrons. The monoisotopic (exact) mass is 240 g/mol. The standard InChI is InChI=1S/C13H9FN4/c14-11-4-1-10(2-5-11)3-6-12-7-8-15-13-16-9-17-18(12)13/h1-9H/b6-3+. The van der Waals surface area contributed by atoms with E-state index < -0.39 is 0 Å². The molecule has 0 aliphatic carbocycles. The van der Waals surface area contributed by atoms with Gasteiger partial charge in [-0.15, -0.1) is 0 Å². The Morgan fingerprint density at radius 2 is 1.83 bits per heavy atom. The summed E-state index contributed by atoms with van der Waals surface area (Å²) < 4.78 is 14.4. The molecule has 18 heavy (non-hydrogen) atoms. The van der Waals surface area contributed by atoms with Crippen molar-refractivity contribution in [3.63, 3.8) is 0 Å². The summed E-state index contributed by atoms with van der Waals surface area (Å²) >= 11 is 0. The zero-order valence-corrected chi connectivity index (χ0v) is 9.36. The highest BCUT2D eigenvalue weighted by atomic mass is 19.1. The predicted molar refractivity (Wildman–Crippen MR) is 66.1 cm³/mol. The fourth-order valence-corrected chi connectivity index (χ4v) is 1.64. The lowest BCUT2D eigenvalue weighted by Gasteiger charge is -1.97. The lowest BCUT2D eigenvalue weighted by Crippen LogP contribution is -1.94. The van der Waals surface area contributed by atoms with Gasteiger partial charge in [0, 0.05) is 6.20 Å². The summed E-state index contributed by atoms with van der Waals surface area (Å²) in [6, 6.07) is 8.12. The van der Waals surface area contributed by atoms with Crippen LogP contribution in [0.3, 0.4) is 0 Å². The van der Waals surface area contributed by atoms with Crippen molar-refractivity contribution in [3.8, 4) is 0 Å². The average Bonchev–Trinajstić information content (AvgIpc) is 2.87. The number of fused-ring (bicyclic) bond motifs is 1. The molecule has 0 bridgehead atoms. The Bertz CT molecular complexity index is 700. The molecular formula is C13H9FN4. The Morgan fingerprint density at radius 1 is 1.00 bits per heavy atom. The minimum absolute atomic E-state index is 0.241. The number of hydrogen-bond acceptors (Lipinski definition) is 3. The Hall–Kier alpha value is -2.56. The van der Waals surface area contributed by atoms with Crippen LogP contribution in [0, 0.1) is 5.82 Å². The summed E-state index contributed by atoms with van der Waals surface area (Å²) in [6.07, 6.45) is 6.90. The molecule has 0 unspecified atom stereocenters. The molecule has 0 atom stereocenters. The summed E-state index contributed by atoms with van der Waals surface area (Å²) in [7, 11) is 0. The van der Waals surface area contributed by atoms with E-state index in [1.54, 1.807) is 22.8 Å². The van der Waals surface area contributed by atoms with Crippen LogP contribution in [0.2, 0.25) is 0 Å². The van der Waals surface area contributed by atoms with E-state index in [0.717, 1.165) is 11.3 Å². The molecule has 0 amide bonds. The van der Waals surface area contributed by atoms with E-state index in [-0.39, 0.29) is 5.82 Å². The molecule has 2 heterocycles. The van der Waals surface area contributed by atoms with Gasteiger partial charge < -0.3 is 0 Å². The van der Waals surface area contributed by atoms with Gasteiger partial charge in [-0.2, -0.15) is 14.6 Å². The maximum atomic E-state index is 12.8. The molecule has 4 nitrogen and oxygen atoms in total. The molecule has 0 radical (unpaired) electrons. The van der Waals surface area contributed by atoms with Crippen LogP contribution < -0.4 is 0 Å². The summed E-state index contributed by atoms with van der Waals surface area (Å²) in [5.74, 6) is 0.311. The van der Waals surface area contributed by atoms with E-state index in [9.17, 15) is 4.39 Å². The van der Waals surface area contributed by atoms with Crippen molar-refractivity contribution in [2.24, 2.45) is 0 Å². The van der Waals surface area contributed by atoms with Crippen molar-refractivity contribution in [1.82, 2.24) is 19.6 Å². The van der Waals surface area contributed by atoms with Crippen LogP contribution in [0.4, 0.5) is 4.39 Å². The largest absolute Gasteiger partial charge is 0.252 e. The quantitative estimate of drug-likeness (QED) is 0.691. The Kier molecular flexibility index (Phi) is 2.57. The van der Waals surface area contributed by atoms with Crippen molar-refractivity contribution >= 4 is 17.9 Å². The van der Waals surface area contributed by atoms with E-state index in [1.165, 1.54) is 18.5 Å². The van der Waals surface area contributed by atoms with Crippen LogP contribution in [0.15, 0.2) is 42.9 Å². The fourth-order valence-electron chi connectivity index (χ4n) is 1.64. The van der Waals surface area contributed by atoms with E-state index in [0.29, 0.717) is 5.78 Å². The van der Waals surface area contributed by atoms with Gasteiger partial charge in [0.25, 0.3) is 5.78 Å². The molecule has 2 aromatic heterocycles. The zero-order valence-electron chi connectivity index (χ0n) is 9.36. The molecule has 1 aromatic carbocycles. The van der Waals surface area contributed by atoms with Crippen molar-refractivity contribution in [3.05, 3.63) is 59.9 Å². The van der Waals surface area contributed by atoms with E-state index in [4.69, 9.17) is 0 Å². The molecule has 0 saturated heterocycles. The molecular weight excluding hydrogens is 231 g/mol. The van der Waals surface area contributed by atoms with Gasteiger partial charge in [0.15, 0.2) is 0 Å². The first kappa shape index (κ1) is 10.6. The van der Waals surface area contributed by atoms with Crippen molar-refractivity contribution in [2.75, 3.05) is 0 Å². The fraction of sp³-hybridized carbons (Fsp3) is 0. The number of aromatic nitrogens is 4. The smallest absolute Gasteiger partial charge is 0.220 e. The van der Waals surface area contributed by atoms with Gasteiger partial charge in [0.1, 0.15) is 12.1 Å². The van der Waals surface area contributed by atoms with Crippen molar-refractivity contribution in [2.45, 2.75) is 0 Å². The Balaban J connectivity index is 1.96. The summed E-state index contributed by atoms with van der Waals surface area (Å²) in [5, 5.41) is 4.08. The molecule has 3 aromatic rings. The zero-order chi connectivity index (χ0) is 12.4. The van der Waals surface area contributed by atoms with Crippen LogP contribution in [-0.4, -0.2) is 19.6 Å². The Labute approximate surface area is 102 Å². The lowest BCUT2D eigenvalue weighted by molar-refractivity contribution is 0.628. The highest BCUT2D eigenvalue weighted by Crippen LogP contribution is 2.09. The van der Waals surface area contributed by atoms with Crippen LogP contribution in [0.1, 0.15) is 11.3 Å². The van der Waals surface area contributed by atoms with Gasteiger partial charge in [-0.3, -0.25) is 0 Å². The summed E-state index contributed by atoms with van der Waals surface area (Å²) in [6.45, 7) is 0. The highest BCUT2D eigenvalue weighted by Gasteiger charge is 1.99. The van der Waals surface area contributed by atoms with E-state index >= 15 is 0 Å². The van der Waals surface area contributed by atoms with Crippen molar-refractivity contribution < 1.29 is 4.39 Å². The first-order valence-corrected chi connectivity index (χ1v) is 5.41. The topological polar surface area (TPSA) is 43.1 Å². The summed E-state index contributed by atoms with van der Waals surface area (Å²) in [5.41, 5.74) is 1.78. The maximum absolute atomic E-state index is 12.8. The van der Waals surface area contributed by atoms with Gasteiger partial charge in [-0.05, 0) is 29.8 Å². The molecule has 0 fully saturated rings. The normalized spacial score (nSPS) is 11.4. The van der Waals surface area contributed by atoms with Gasteiger partial charge >= 0.3 is 0 Å². The predicted octanol–water partition coefficient (Wildman–Crippen LogP) is 2.43. The second-order valence-electron chi connectivity index (χ2n) is 3.73. The first-order valence-electron chi connectivity index (χ1n) is 5.41. The second-order valence-corrected chi connectivity index (χ2v) is 3.73. The van der Waals surface area contributed by atoms with Gasteiger partial charge in [0.2, 0.25) is 0 Å². The van der Waals surface area contributed by atoms with Gasteiger partial charge in [-0.1, -0.05) is 18.2 Å². The molecule has 3 rings (SSSR count). The van der Waals surface area contributed by atoms with E-state index in [2.05, 4.69) is 15.1 Å². The first-order chi connectivity index (χ1) is 8.83. The molecule has 5 heteroatoms. The van der Waals surface area contributed by atoms with Crippen molar-refractivity contribution in [1.29, 1.82) is 0 Å². The molecule has 0 spiro atoms. The number of rotatable bonds is 2. The molecule has 0 saturated carbocycles. The number of hydrogen-bond donors (Lipinski definition) is 0. The summed E-state index contributed by atoms with van der Waals surface area (Å²) in [4.78, 5) is 8.08. The van der Waals surface area contributed by atoms with Crippen LogP contribution in [0.5, 0.6) is 0 Å².